The lowest BCUT2D eigenvalue weighted by Gasteiger charge is -2.15. The summed E-state index contributed by atoms with van der Waals surface area (Å²) >= 11 is 2.15. The first-order chi connectivity index (χ1) is 7.85. The Morgan fingerprint density at radius 1 is 0.875 bits per heavy atom. The molecule has 1 unspecified atom stereocenters. The van der Waals surface area contributed by atoms with Crippen LogP contribution in [0.3, 0.4) is 0 Å². The molecule has 0 N–H and O–H groups in total. The Morgan fingerprint density at radius 3 is 2.19 bits per heavy atom. The van der Waals surface area contributed by atoms with Crippen LogP contribution in [0.15, 0.2) is 0 Å². The maximum Gasteiger partial charge on any atom is 0.00469 e. The molecule has 1 heteroatoms. The molecule has 16 heavy (non-hydrogen) atoms. The smallest absolute Gasteiger partial charge is 0.00469 e. The van der Waals surface area contributed by atoms with Gasteiger partial charge in [0.25, 0.3) is 0 Å². The van der Waals surface area contributed by atoms with Crippen molar-refractivity contribution >= 4 is 11.8 Å². The first-order valence-electron chi connectivity index (χ1n) is 7.26. The zero-order valence-corrected chi connectivity index (χ0v) is 12.3. The number of thioether (sulfide) groups is 1. The second kappa shape index (κ2) is 13.4. The van der Waals surface area contributed by atoms with Crippen molar-refractivity contribution in [1.82, 2.24) is 0 Å². The number of unbranched alkanes of at least 4 members (excludes halogenated alkanes) is 5. The van der Waals surface area contributed by atoms with Crippen LogP contribution in [0.2, 0.25) is 0 Å². The highest BCUT2D eigenvalue weighted by atomic mass is 32.2. The molecule has 0 aromatic carbocycles. The Morgan fingerprint density at radius 2 is 1.56 bits per heavy atom. The van der Waals surface area contributed by atoms with Crippen LogP contribution in [-0.2, 0) is 0 Å². The summed E-state index contributed by atoms with van der Waals surface area (Å²) in [5.74, 6) is 1.25. The molecule has 0 aliphatic carbocycles. The fourth-order valence-corrected chi connectivity index (χ4v) is 3.27. The van der Waals surface area contributed by atoms with Gasteiger partial charge in [-0.1, -0.05) is 65.7 Å². The summed E-state index contributed by atoms with van der Waals surface area (Å²) in [6, 6.07) is 0. The molecule has 0 saturated carbocycles. The summed E-state index contributed by atoms with van der Waals surface area (Å²) in [6.07, 6.45) is 13.8. The monoisotopic (exact) mass is 243 g/mol. The third-order valence-corrected chi connectivity index (χ3v) is 4.46. The molecule has 97 valence electrons. The topological polar surface area (TPSA) is 0 Å². The Labute approximate surface area is 108 Å². The molecular weight excluding hydrogens is 212 g/mol. The van der Waals surface area contributed by atoms with E-state index in [9.17, 15) is 0 Å². The number of hydrogen-bond acceptors (Lipinski definition) is 1. The molecule has 1 radical (unpaired) electrons. The lowest BCUT2D eigenvalue weighted by atomic mass is 10.1. The maximum absolute atomic E-state index is 3.93. The highest BCUT2D eigenvalue weighted by Crippen LogP contribution is 2.23. The van der Waals surface area contributed by atoms with E-state index in [0.29, 0.717) is 0 Å². The quantitative estimate of drug-likeness (QED) is 0.387. The minimum atomic E-state index is 0.915. The Balaban J connectivity index is 3.36. The van der Waals surface area contributed by atoms with E-state index in [1.165, 1.54) is 63.5 Å². The van der Waals surface area contributed by atoms with Gasteiger partial charge in [-0.15, -0.1) is 0 Å². The average Bonchev–Trinajstić information content (AvgIpc) is 2.30. The zero-order chi connectivity index (χ0) is 12.1. The zero-order valence-electron chi connectivity index (χ0n) is 11.5. The molecule has 0 aliphatic rings. The predicted octanol–water partition coefficient (Wildman–Crippen LogP) is 5.86. The predicted molar refractivity (Wildman–Crippen MR) is 79.1 cm³/mol. The molecule has 0 fully saturated rings. The van der Waals surface area contributed by atoms with Crippen LogP contribution >= 0.6 is 11.8 Å². The normalized spacial score (nSPS) is 12.9. The molecular formula is C15H31S. The van der Waals surface area contributed by atoms with Crippen molar-refractivity contribution in [2.75, 3.05) is 5.75 Å². The average molecular weight is 243 g/mol. The molecule has 0 aliphatic heterocycles. The van der Waals surface area contributed by atoms with E-state index >= 15 is 0 Å². The van der Waals surface area contributed by atoms with Crippen LogP contribution in [-0.4, -0.2) is 11.0 Å². The minimum absolute atomic E-state index is 0.915. The minimum Gasteiger partial charge on any atom is -0.159 e. The summed E-state index contributed by atoms with van der Waals surface area (Å²) in [4.78, 5) is 0. The van der Waals surface area contributed by atoms with Crippen molar-refractivity contribution in [2.45, 2.75) is 83.3 Å². The van der Waals surface area contributed by atoms with Gasteiger partial charge in [0.1, 0.15) is 0 Å². The van der Waals surface area contributed by atoms with Crippen LogP contribution < -0.4 is 0 Å². The van der Waals surface area contributed by atoms with Crippen molar-refractivity contribution in [1.29, 1.82) is 0 Å². The van der Waals surface area contributed by atoms with Gasteiger partial charge in [-0.25, -0.2) is 0 Å². The summed E-state index contributed by atoms with van der Waals surface area (Å²) in [7, 11) is 0. The number of hydrogen-bond donors (Lipinski definition) is 0. The van der Waals surface area contributed by atoms with E-state index in [1.54, 1.807) is 0 Å². The highest BCUT2D eigenvalue weighted by molar-refractivity contribution is 7.99. The van der Waals surface area contributed by atoms with Gasteiger partial charge >= 0.3 is 0 Å². The van der Waals surface area contributed by atoms with E-state index in [4.69, 9.17) is 0 Å². The van der Waals surface area contributed by atoms with E-state index in [1.807, 2.05) is 0 Å². The second-order valence-corrected chi connectivity index (χ2v) is 6.10. The van der Waals surface area contributed by atoms with Gasteiger partial charge in [0.2, 0.25) is 0 Å². The fourth-order valence-electron chi connectivity index (χ4n) is 2.04. The summed E-state index contributed by atoms with van der Waals surface area (Å²) in [5, 5.41) is 0.915. The van der Waals surface area contributed by atoms with E-state index in [-0.39, 0.29) is 0 Å². The maximum atomic E-state index is 3.93. The van der Waals surface area contributed by atoms with Gasteiger partial charge in [-0.05, 0) is 25.0 Å². The van der Waals surface area contributed by atoms with Gasteiger partial charge in [-0.3, -0.25) is 0 Å². The molecule has 0 amide bonds. The summed E-state index contributed by atoms with van der Waals surface area (Å²) < 4.78 is 0. The van der Waals surface area contributed by atoms with Gasteiger partial charge in [-0.2, -0.15) is 11.8 Å². The SMILES string of the molecule is [CH2]CCSC(CCC)CCCCCCCC. The van der Waals surface area contributed by atoms with Gasteiger partial charge in [0, 0.05) is 5.25 Å². The molecule has 0 rings (SSSR count). The van der Waals surface area contributed by atoms with Crippen molar-refractivity contribution < 1.29 is 0 Å². The molecule has 0 nitrogen and oxygen atoms in total. The number of rotatable bonds is 12. The fraction of sp³-hybridized carbons (Fsp3) is 0.933. The lowest BCUT2D eigenvalue weighted by Crippen LogP contribution is -2.03. The van der Waals surface area contributed by atoms with Crippen molar-refractivity contribution in [3.05, 3.63) is 6.92 Å². The third-order valence-electron chi connectivity index (χ3n) is 2.99. The molecule has 0 spiro atoms. The van der Waals surface area contributed by atoms with Crippen LogP contribution in [0.4, 0.5) is 0 Å². The molecule has 0 aromatic rings. The highest BCUT2D eigenvalue weighted by Gasteiger charge is 2.06. The standard InChI is InChI=1S/C15H31S/c1-4-7-8-9-10-11-13-15(12-5-2)16-14-6-3/h15H,3-14H2,1-2H3. The van der Waals surface area contributed by atoms with E-state index < -0.39 is 0 Å². The van der Waals surface area contributed by atoms with Crippen LogP contribution in [0, 0.1) is 6.92 Å². The largest absolute Gasteiger partial charge is 0.159 e. The van der Waals surface area contributed by atoms with Gasteiger partial charge < -0.3 is 0 Å². The molecule has 1 atom stereocenters. The van der Waals surface area contributed by atoms with E-state index in [0.717, 1.165) is 11.7 Å². The summed E-state index contributed by atoms with van der Waals surface area (Å²) in [5.41, 5.74) is 0. The third kappa shape index (κ3) is 10.9. The van der Waals surface area contributed by atoms with Crippen LogP contribution in [0.25, 0.3) is 0 Å². The van der Waals surface area contributed by atoms with Crippen LogP contribution in [0.1, 0.15) is 78.1 Å². The van der Waals surface area contributed by atoms with Crippen molar-refractivity contribution in [3.8, 4) is 0 Å². The molecule has 0 saturated heterocycles. The Kier molecular flexibility index (Phi) is 13.7. The van der Waals surface area contributed by atoms with E-state index in [2.05, 4.69) is 32.5 Å². The summed E-state index contributed by atoms with van der Waals surface area (Å²) in [6.45, 7) is 8.52. The lowest BCUT2D eigenvalue weighted by molar-refractivity contribution is 0.569. The van der Waals surface area contributed by atoms with Gasteiger partial charge in [0.05, 0.1) is 0 Å². The first-order valence-corrected chi connectivity index (χ1v) is 8.30. The van der Waals surface area contributed by atoms with Gasteiger partial charge in [0.15, 0.2) is 0 Å². The second-order valence-electron chi connectivity index (χ2n) is 4.69. The Hall–Kier alpha value is 0.350. The molecule has 0 bridgehead atoms. The first kappa shape index (κ1) is 16.4. The van der Waals surface area contributed by atoms with Crippen molar-refractivity contribution in [2.24, 2.45) is 0 Å². The molecule has 0 heterocycles. The van der Waals surface area contributed by atoms with Crippen molar-refractivity contribution in [3.63, 3.8) is 0 Å². The molecule has 0 aromatic heterocycles. The van der Waals surface area contributed by atoms with Crippen LogP contribution in [0.5, 0.6) is 0 Å². The Bertz CT molecular complexity index is 123.